The third kappa shape index (κ3) is 36.8. The molecule has 5 fully saturated rings. The van der Waals surface area contributed by atoms with Crippen LogP contribution in [0.4, 0.5) is 0 Å². The van der Waals surface area contributed by atoms with Crippen molar-refractivity contribution in [3.8, 4) is 12.3 Å². The molecule has 23 heteroatoms. The monoisotopic (exact) mass is 2230 g/mol. The molecular weight excluding hydrogens is 1990 g/mol. The summed E-state index contributed by atoms with van der Waals surface area (Å²) >= 11 is 3.70. The Kier molecular flexibility index (Phi) is 48.6. The second kappa shape index (κ2) is 50.5. The third-order valence-electron chi connectivity index (χ3n) is 40.3. The van der Waals surface area contributed by atoms with Crippen molar-refractivity contribution in [3.63, 3.8) is 0 Å². The number of terminal acetylenes is 1. The highest BCUT2D eigenvalue weighted by Crippen LogP contribution is 2.63. The Morgan fingerprint density at radius 3 is 1.10 bits per heavy atom. The maximum Gasteiger partial charge on any atom is 0.193 e. The molecule has 0 saturated heterocycles. The van der Waals surface area contributed by atoms with Crippen LogP contribution >= 0.6 is 15.9 Å². The molecule has 0 heterocycles. The van der Waals surface area contributed by atoms with Gasteiger partial charge in [-0.1, -0.05) is 287 Å². The summed E-state index contributed by atoms with van der Waals surface area (Å²) in [4.78, 5) is 2.26. The average Bonchev–Trinajstić information content (AvgIpc) is 1.68. The summed E-state index contributed by atoms with van der Waals surface area (Å²) in [6, 6.07) is 0. The van der Waals surface area contributed by atoms with Crippen molar-refractivity contribution >= 4 is 99.1 Å². The summed E-state index contributed by atoms with van der Waals surface area (Å²) in [6.07, 6.45) is 31.9. The van der Waals surface area contributed by atoms with Crippen LogP contribution in [0.5, 0.6) is 0 Å². The lowest BCUT2D eigenvalue weighted by Gasteiger charge is -2.49. The van der Waals surface area contributed by atoms with Gasteiger partial charge in [0.1, 0.15) is 12.2 Å². The van der Waals surface area contributed by atoms with Crippen molar-refractivity contribution in [3.05, 3.63) is 58.7 Å². The predicted octanol–water partition coefficient (Wildman–Crippen LogP) is 39.1. The van der Waals surface area contributed by atoms with Crippen LogP contribution in [0.2, 0.25) is 181 Å². The van der Waals surface area contributed by atoms with E-state index >= 15 is 0 Å². The Bertz CT molecular complexity index is 4090. The van der Waals surface area contributed by atoms with E-state index in [-0.39, 0.29) is 116 Å². The van der Waals surface area contributed by atoms with Gasteiger partial charge in [-0.15, -0.1) is 18.9 Å². The van der Waals surface area contributed by atoms with Crippen molar-refractivity contribution in [1.82, 2.24) is 0 Å². The quantitative estimate of drug-likeness (QED) is 0.0251. The van der Waals surface area contributed by atoms with Crippen LogP contribution in [0.3, 0.4) is 0 Å². The predicted molar refractivity (Wildman–Crippen MR) is 656 cm³/mol. The molecule has 0 amide bonds. The van der Waals surface area contributed by atoms with Crippen LogP contribution in [0.15, 0.2) is 58.7 Å². The number of allylic oxidation sites excluding steroid dienone is 4. The summed E-state index contributed by atoms with van der Waals surface area (Å²) in [5.41, 5.74) is 5.74. The first kappa shape index (κ1) is 138. The fraction of sp³-hybridized carbons (Fsp3) is 0.900. The highest BCUT2D eigenvalue weighted by molar-refractivity contribution is 9.11. The highest BCUT2D eigenvalue weighted by atomic mass is 79.9. The number of ether oxygens (including phenoxy) is 2. The molecule has 0 aromatic rings. The SMILES string of the molecule is C#CC[C@@H](O[Si](C)(C)C(C)(C)C)[C@@H](OCCCO[Si](C)(C)C(C)(C)C)[C@@H](C=C)O[Si](C)(C)C(C)(C)C.C=C1/C(=C\C=C2/CCC[C@]3(C)[C@@H]([C@H](C)CC[C@@H](O[Si](C)(C)C(C)(C)C)C(C)(C)O[Si](C)(C)C(C)(C)C)CC[C@@H]23)C[C@@H](O[Si](C)(C)C(C)(C)C)[C@@H](OCCCO[Si](C)(C)C(C)(C)C)[C@@H]1O[Si](C)(C)C(C)(C)C.C[C@H](CC[C@@H](O[Si](C)(C)C(C)(C)C)C(C)(C)O[Si](C)(C)C(C)(C)C)[C@H]1CC[C@H]2/C(=C/Br)CCC[C@]12C. The molecular formula is C120H241BrO12Si10. The summed E-state index contributed by atoms with van der Waals surface area (Å²) in [5, 5.41) is 1.23. The molecule has 0 spiro atoms. The molecule has 0 N–H and O–H groups in total. The van der Waals surface area contributed by atoms with E-state index in [4.69, 9.17) is 66.7 Å². The maximum absolute atomic E-state index is 7.50. The van der Waals surface area contributed by atoms with Gasteiger partial charge in [0, 0.05) is 39.3 Å². The third-order valence-corrected chi connectivity index (χ3v) is 86.2. The van der Waals surface area contributed by atoms with Gasteiger partial charge in [0.25, 0.3) is 0 Å². The Labute approximate surface area is 909 Å². The Balaban J connectivity index is 0.000000611. The van der Waals surface area contributed by atoms with E-state index in [9.17, 15) is 0 Å². The summed E-state index contributed by atoms with van der Waals surface area (Å²) in [7, 11) is -20.3. The van der Waals surface area contributed by atoms with E-state index in [1.807, 2.05) is 6.08 Å². The average molecular weight is 2240 g/mol. The number of rotatable bonds is 43. The summed E-state index contributed by atoms with van der Waals surface area (Å²) in [6.45, 7) is 148. The smallest absolute Gasteiger partial charge is 0.193 e. The minimum absolute atomic E-state index is 0.0318. The van der Waals surface area contributed by atoms with Gasteiger partial charge >= 0.3 is 0 Å². The largest absolute Gasteiger partial charge is 0.417 e. The first-order chi connectivity index (χ1) is 63.6. The molecule has 0 aromatic heterocycles. The Morgan fingerprint density at radius 2 is 0.748 bits per heavy atom. The zero-order chi connectivity index (χ0) is 112. The van der Waals surface area contributed by atoms with Crippen molar-refractivity contribution in [2.24, 2.45) is 46.3 Å². The molecule has 0 aliphatic heterocycles. The van der Waals surface area contributed by atoms with E-state index in [0.717, 1.165) is 55.9 Å². The molecule has 840 valence electrons. The summed E-state index contributed by atoms with van der Waals surface area (Å²) in [5.74, 6) is 7.03. The topological polar surface area (TPSA) is 111 Å². The molecule has 0 bridgehead atoms. The second-order valence-electron chi connectivity index (χ2n) is 62.5. The van der Waals surface area contributed by atoms with E-state index in [2.05, 4.69) is 440 Å². The van der Waals surface area contributed by atoms with Gasteiger partial charge in [-0.05, 0) is 374 Å². The normalized spacial score (nSPS) is 25.2. The van der Waals surface area contributed by atoms with E-state index < -0.39 is 83.2 Å². The standard InChI is InChI=1S/C60H120O6Si5.C31H61BrO2Si2.C29H60O4Si3/c1-44(34-39-51(64-69(25,26)56(9,10)11)59(18,19)66-71(29,30)58(15,16)17)48-37-38-49-46(33-31-40-60(48,49)20)35-36-47-43-50(63-68(23,24)55(6,7)8)53(52(45(47)2)65-70(27,28)57(12,13)14)61-41-32-42-62-67(21,22)54(3,4)5;1-23(25-18-19-26-24(22-32)16-15-21-31(25,26)10)17-20-27(33-35(11,12)28(2,3)4)30(8,9)34-36(13,14)29(5,6)7;1-18-21-25(33-36(16,17)29(9,10)11)26(24(19-2)32-35(14,15)28(6,7)8)30-22-20-23-31-34(12,13)27(3,4)5/h35-36,44,48-53H,2,31-34,37-43H2,1,3-30H3;22-23,25-27H,15-21H2,1-14H3;1,19,24-26H,2,20-23H2,3-17H3/b46-35+,47-36-;24-22+;/t44-,48-,49+,50-,51-,52-,53-,60-;23-,25-,26+,27-,31-;24-,25-,26+/m111/s1. The van der Waals surface area contributed by atoms with Crippen molar-refractivity contribution in [2.45, 2.75) is 620 Å². The molecule has 0 aromatic carbocycles. The first-order valence-electron chi connectivity index (χ1n) is 57.0. The van der Waals surface area contributed by atoms with Crippen LogP contribution in [0, 0.1) is 58.7 Å². The highest BCUT2D eigenvalue weighted by Gasteiger charge is 2.58. The number of halogens is 1. The minimum atomic E-state index is -2.25. The molecule has 16 atom stereocenters. The van der Waals surface area contributed by atoms with E-state index in [1.165, 1.54) is 76.2 Å². The maximum atomic E-state index is 7.50. The van der Waals surface area contributed by atoms with Gasteiger partial charge in [0.15, 0.2) is 83.2 Å². The van der Waals surface area contributed by atoms with Crippen LogP contribution < -0.4 is 0 Å². The molecule has 0 unspecified atom stereocenters. The van der Waals surface area contributed by atoms with Gasteiger partial charge in [-0.25, -0.2) is 0 Å². The molecule has 5 saturated carbocycles. The lowest BCUT2D eigenvalue weighted by molar-refractivity contribution is -0.0879. The molecule has 12 nitrogen and oxygen atoms in total. The van der Waals surface area contributed by atoms with E-state index in [0.29, 0.717) is 61.9 Å². The van der Waals surface area contributed by atoms with Crippen molar-refractivity contribution < 1.29 is 53.7 Å². The lowest BCUT2D eigenvalue weighted by Crippen LogP contribution is -2.57. The number of hydrogen-bond donors (Lipinski definition) is 0. The summed E-state index contributed by atoms with van der Waals surface area (Å²) < 4.78 is 84.5. The molecule has 5 rings (SSSR count). The second-order valence-corrected chi connectivity index (χ2v) is 111. The molecule has 5 aliphatic carbocycles. The molecule has 0 radical (unpaired) electrons. The van der Waals surface area contributed by atoms with Crippen molar-refractivity contribution in [1.29, 1.82) is 0 Å². The van der Waals surface area contributed by atoms with Crippen LogP contribution in [0.1, 0.15) is 379 Å². The van der Waals surface area contributed by atoms with Gasteiger partial charge < -0.3 is 53.7 Å². The lowest BCUT2D eigenvalue weighted by atomic mass is 9.60. The van der Waals surface area contributed by atoms with Crippen LogP contribution in [0.25, 0.3) is 0 Å². The molecule has 5 aliphatic rings. The van der Waals surface area contributed by atoms with Crippen molar-refractivity contribution in [2.75, 3.05) is 26.4 Å². The minimum Gasteiger partial charge on any atom is -0.417 e. The van der Waals surface area contributed by atoms with Crippen LogP contribution in [-0.2, 0) is 53.7 Å². The fourth-order valence-corrected chi connectivity index (χ4v) is 34.5. The number of fused-ring (bicyclic) bond motifs is 2. The van der Waals surface area contributed by atoms with E-state index in [1.54, 1.807) is 11.1 Å². The Morgan fingerprint density at radius 1 is 0.413 bits per heavy atom. The molecule has 143 heavy (non-hydrogen) atoms. The fourth-order valence-electron chi connectivity index (χ4n) is 20.1. The van der Waals surface area contributed by atoms with Crippen LogP contribution in [-0.4, -0.2) is 170 Å². The van der Waals surface area contributed by atoms with Gasteiger partial charge in [-0.3, -0.25) is 0 Å². The van der Waals surface area contributed by atoms with Gasteiger partial charge in [0.05, 0.1) is 47.8 Å². The van der Waals surface area contributed by atoms with Gasteiger partial charge in [-0.2, -0.15) is 0 Å². The van der Waals surface area contributed by atoms with Gasteiger partial charge in [0.2, 0.25) is 0 Å². The first-order valence-corrected chi connectivity index (χ1v) is 87.0. The Hall–Kier alpha value is 0.429. The number of hydrogen-bond acceptors (Lipinski definition) is 12. The zero-order valence-electron chi connectivity index (χ0n) is 106. The zero-order valence-corrected chi connectivity index (χ0v) is 117.